The maximum absolute atomic E-state index is 11.6. The molecular weight excluding hydrogens is 311 g/mol. The van der Waals surface area contributed by atoms with Crippen LogP contribution in [0, 0.1) is 0 Å². The van der Waals surface area contributed by atoms with Gasteiger partial charge in [0.05, 0.1) is 11.9 Å². The third-order valence-electron chi connectivity index (χ3n) is 2.27. The first-order valence-corrected chi connectivity index (χ1v) is 6.42. The number of alkyl halides is 3. The Bertz CT molecular complexity index is 594. The average Bonchev–Trinajstić information content (AvgIpc) is 2.36. The van der Waals surface area contributed by atoms with Gasteiger partial charge in [0.15, 0.2) is 0 Å². The van der Waals surface area contributed by atoms with Gasteiger partial charge >= 0.3 is 6.09 Å². The SMILES string of the molecule is O=C(Nc1cncc2ccccc12)OCC(Cl)(Cl)Cl. The van der Waals surface area contributed by atoms with Crippen molar-refractivity contribution >= 4 is 57.4 Å². The largest absolute Gasteiger partial charge is 0.445 e. The number of anilines is 1. The normalized spacial score (nSPS) is 11.3. The van der Waals surface area contributed by atoms with Gasteiger partial charge in [-0.25, -0.2) is 4.79 Å². The molecule has 0 saturated heterocycles. The van der Waals surface area contributed by atoms with E-state index in [0.29, 0.717) is 5.69 Å². The Morgan fingerprint density at radius 1 is 1.26 bits per heavy atom. The number of aromatic nitrogens is 1. The van der Waals surface area contributed by atoms with Gasteiger partial charge in [-0.3, -0.25) is 10.3 Å². The van der Waals surface area contributed by atoms with Crippen molar-refractivity contribution < 1.29 is 9.53 Å². The molecule has 1 amide bonds. The van der Waals surface area contributed by atoms with E-state index in [1.807, 2.05) is 24.3 Å². The molecule has 1 aromatic carbocycles. The van der Waals surface area contributed by atoms with E-state index < -0.39 is 9.89 Å². The monoisotopic (exact) mass is 318 g/mol. The van der Waals surface area contributed by atoms with Gasteiger partial charge in [-0.1, -0.05) is 59.1 Å². The van der Waals surface area contributed by atoms with Crippen molar-refractivity contribution in [2.45, 2.75) is 3.79 Å². The second-order valence-electron chi connectivity index (χ2n) is 3.72. The molecule has 0 radical (unpaired) electrons. The van der Waals surface area contributed by atoms with Gasteiger partial charge in [-0.05, 0) is 0 Å². The summed E-state index contributed by atoms with van der Waals surface area (Å²) in [6.45, 7) is -0.332. The van der Waals surface area contributed by atoms with Crippen LogP contribution in [0.15, 0.2) is 36.7 Å². The average molecular weight is 320 g/mol. The van der Waals surface area contributed by atoms with Crippen LogP contribution in [0.25, 0.3) is 10.8 Å². The summed E-state index contributed by atoms with van der Waals surface area (Å²) >= 11 is 16.5. The van der Waals surface area contributed by atoms with Crippen LogP contribution >= 0.6 is 34.8 Å². The van der Waals surface area contributed by atoms with Crippen molar-refractivity contribution in [3.05, 3.63) is 36.7 Å². The minimum Gasteiger partial charge on any atom is -0.445 e. The zero-order valence-electron chi connectivity index (χ0n) is 9.57. The van der Waals surface area contributed by atoms with Crippen molar-refractivity contribution in [2.75, 3.05) is 11.9 Å². The zero-order chi connectivity index (χ0) is 13.9. The molecule has 2 rings (SSSR count). The number of nitrogens with zero attached hydrogens (tertiary/aromatic N) is 1. The van der Waals surface area contributed by atoms with E-state index in [2.05, 4.69) is 10.3 Å². The fourth-order valence-electron chi connectivity index (χ4n) is 1.51. The molecule has 7 heteroatoms. The molecule has 0 spiro atoms. The smallest absolute Gasteiger partial charge is 0.411 e. The molecular formula is C12H9Cl3N2O2. The number of nitrogens with one attached hydrogen (secondary N) is 1. The number of pyridine rings is 1. The van der Waals surface area contributed by atoms with E-state index in [-0.39, 0.29) is 6.61 Å². The van der Waals surface area contributed by atoms with E-state index in [1.165, 1.54) is 6.20 Å². The third kappa shape index (κ3) is 4.13. The van der Waals surface area contributed by atoms with E-state index in [0.717, 1.165) is 10.8 Å². The van der Waals surface area contributed by atoms with Gasteiger partial charge in [-0.2, -0.15) is 0 Å². The minimum atomic E-state index is -1.63. The highest BCUT2D eigenvalue weighted by Gasteiger charge is 2.22. The number of benzene rings is 1. The summed E-state index contributed by atoms with van der Waals surface area (Å²) in [5.41, 5.74) is 0.535. The number of carbonyl (C=O) groups excluding carboxylic acids is 1. The van der Waals surface area contributed by atoms with Crippen molar-refractivity contribution in [1.29, 1.82) is 0 Å². The summed E-state index contributed by atoms with van der Waals surface area (Å²) in [5.74, 6) is 0. The predicted molar refractivity (Wildman–Crippen MR) is 77.0 cm³/mol. The molecule has 4 nitrogen and oxygen atoms in total. The lowest BCUT2D eigenvalue weighted by Crippen LogP contribution is -2.21. The lowest BCUT2D eigenvalue weighted by Gasteiger charge is -2.12. The Morgan fingerprint density at radius 2 is 2.00 bits per heavy atom. The molecule has 0 aliphatic rings. The lowest BCUT2D eigenvalue weighted by molar-refractivity contribution is 0.164. The Hall–Kier alpha value is -1.23. The molecule has 0 unspecified atom stereocenters. The first-order valence-electron chi connectivity index (χ1n) is 5.29. The lowest BCUT2D eigenvalue weighted by atomic mass is 10.1. The maximum Gasteiger partial charge on any atom is 0.411 e. The van der Waals surface area contributed by atoms with E-state index in [9.17, 15) is 4.79 Å². The predicted octanol–water partition coefficient (Wildman–Crippen LogP) is 4.15. The van der Waals surface area contributed by atoms with Crippen LogP contribution in [0.2, 0.25) is 0 Å². The van der Waals surface area contributed by atoms with Crippen LogP contribution in [0.5, 0.6) is 0 Å². The fraction of sp³-hybridized carbons (Fsp3) is 0.167. The molecule has 2 aromatic rings. The summed E-state index contributed by atoms with van der Waals surface area (Å²) in [6.07, 6.45) is 2.52. The Kier molecular flexibility index (Phi) is 4.34. The Balaban J connectivity index is 2.11. The molecule has 19 heavy (non-hydrogen) atoms. The fourth-order valence-corrected chi connectivity index (χ4v) is 1.67. The second kappa shape index (κ2) is 5.82. The van der Waals surface area contributed by atoms with Gasteiger partial charge in [-0.15, -0.1) is 0 Å². The third-order valence-corrected chi connectivity index (χ3v) is 2.60. The molecule has 100 valence electrons. The van der Waals surface area contributed by atoms with Crippen molar-refractivity contribution in [2.24, 2.45) is 0 Å². The number of hydrogen-bond acceptors (Lipinski definition) is 3. The van der Waals surface area contributed by atoms with Crippen molar-refractivity contribution in [3.8, 4) is 0 Å². The van der Waals surface area contributed by atoms with Gasteiger partial charge in [0.25, 0.3) is 0 Å². The number of amides is 1. The van der Waals surface area contributed by atoms with Gasteiger partial charge in [0, 0.05) is 17.0 Å². The quantitative estimate of drug-likeness (QED) is 0.846. The summed E-state index contributed by atoms with van der Waals surface area (Å²) in [7, 11) is 0. The highest BCUT2D eigenvalue weighted by molar-refractivity contribution is 6.67. The molecule has 0 saturated carbocycles. The van der Waals surface area contributed by atoms with Crippen LogP contribution in [-0.2, 0) is 4.74 Å². The van der Waals surface area contributed by atoms with Crippen LogP contribution in [0.3, 0.4) is 0 Å². The second-order valence-corrected chi connectivity index (χ2v) is 6.24. The Morgan fingerprint density at radius 3 is 2.74 bits per heavy atom. The highest BCUT2D eigenvalue weighted by atomic mass is 35.6. The van der Waals surface area contributed by atoms with Crippen molar-refractivity contribution in [3.63, 3.8) is 0 Å². The first-order chi connectivity index (χ1) is 8.96. The molecule has 1 N–H and O–H groups in total. The number of carbonyl (C=O) groups is 1. The molecule has 0 aliphatic heterocycles. The minimum absolute atomic E-state index is 0.332. The topological polar surface area (TPSA) is 51.2 Å². The van der Waals surface area contributed by atoms with Crippen LogP contribution in [0.1, 0.15) is 0 Å². The molecule has 0 bridgehead atoms. The number of ether oxygens (including phenoxy) is 1. The van der Waals surface area contributed by atoms with Gasteiger partial charge in [0.1, 0.15) is 6.61 Å². The van der Waals surface area contributed by atoms with Crippen LogP contribution in [0.4, 0.5) is 10.5 Å². The zero-order valence-corrected chi connectivity index (χ0v) is 11.8. The number of hydrogen-bond donors (Lipinski definition) is 1. The van der Waals surface area contributed by atoms with Gasteiger partial charge < -0.3 is 4.74 Å². The summed E-state index contributed by atoms with van der Waals surface area (Å²) in [5, 5.41) is 4.31. The molecule has 0 fully saturated rings. The maximum atomic E-state index is 11.6. The number of halogens is 3. The first kappa shape index (κ1) is 14.2. The standard InChI is InChI=1S/C12H9Cl3N2O2/c13-12(14,15)7-19-11(18)17-10-6-16-5-8-3-1-2-4-9(8)10/h1-6H,7H2,(H,17,18). The molecule has 1 aromatic heterocycles. The number of rotatable bonds is 2. The van der Waals surface area contributed by atoms with E-state index in [1.54, 1.807) is 6.20 Å². The molecule has 1 heterocycles. The summed E-state index contributed by atoms with van der Waals surface area (Å²) in [6, 6.07) is 7.50. The molecule has 0 aliphatic carbocycles. The number of fused-ring (bicyclic) bond motifs is 1. The van der Waals surface area contributed by atoms with E-state index >= 15 is 0 Å². The highest BCUT2D eigenvalue weighted by Crippen LogP contribution is 2.26. The summed E-state index contributed by atoms with van der Waals surface area (Å²) in [4.78, 5) is 15.6. The van der Waals surface area contributed by atoms with Gasteiger partial charge in [0.2, 0.25) is 3.79 Å². The van der Waals surface area contributed by atoms with Crippen LogP contribution in [-0.4, -0.2) is 21.5 Å². The van der Waals surface area contributed by atoms with Crippen LogP contribution < -0.4 is 5.32 Å². The van der Waals surface area contributed by atoms with Crippen molar-refractivity contribution in [1.82, 2.24) is 4.98 Å². The Labute approximate surface area is 124 Å². The molecule has 0 atom stereocenters. The summed E-state index contributed by atoms with van der Waals surface area (Å²) < 4.78 is 3.16. The van der Waals surface area contributed by atoms with E-state index in [4.69, 9.17) is 39.5 Å².